The van der Waals surface area contributed by atoms with Crippen molar-refractivity contribution in [3.05, 3.63) is 41.1 Å². The van der Waals surface area contributed by atoms with Gasteiger partial charge in [-0.1, -0.05) is 18.2 Å². The van der Waals surface area contributed by atoms with E-state index in [1.54, 1.807) is 32.9 Å². The maximum atomic E-state index is 13.2. The van der Waals surface area contributed by atoms with Crippen molar-refractivity contribution in [3.63, 3.8) is 0 Å². The highest BCUT2D eigenvalue weighted by Gasteiger charge is 2.52. The average molecular weight is 377 g/mol. The quantitative estimate of drug-likeness (QED) is 0.792. The minimum atomic E-state index is -0.630. The minimum absolute atomic E-state index is 0.184. The normalized spacial score (nSPS) is 19.1. The first-order chi connectivity index (χ1) is 12.3. The highest BCUT2D eigenvalue weighted by Crippen LogP contribution is 2.38. The Balaban J connectivity index is 2.22. The van der Waals surface area contributed by atoms with Gasteiger partial charge in [0.1, 0.15) is 11.4 Å². The van der Waals surface area contributed by atoms with Gasteiger partial charge in [-0.05, 0) is 71.6 Å². The van der Waals surface area contributed by atoms with Gasteiger partial charge in [-0.15, -0.1) is 0 Å². The molecule has 148 valence electrons. The number of carbonyl (C=O) groups is 1. The molecule has 1 aromatic carbocycles. The van der Waals surface area contributed by atoms with Gasteiger partial charge < -0.3 is 19.4 Å². The van der Waals surface area contributed by atoms with Crippen molar-refractivity contribution in [3.8, 4) is 0 Å². The molecule has 0 radical (unpaired) electrons. The van der Waals surface area contributed by atoms with Crippen LogP contribution in [0.4, 0.5) is 9.18 Å². The Morgan fingerprint density at radius 3 is 2.15 bits per heavy atom. The summed E-state index contributed by atoms with van der Waals surface area (Å²) in [5.41, 5.74) is -0.107. The van der Waals surface area contributed by atoms with Crippen molar-refractivity contribution in [2.24, 2.45) is 0 Å². The number of nitrogens with one attached hydrogen (secondary N) is 1. The maximum absolute atomic E-state index is 13.2. The summed E-state index contributed by atoms with van der Waals surface area (Å²) in [7, 11) is -0.630. The molecule has 0 aliphatic carbocycles. The zero-order valence-corrected chi connectivity index (χ0v) is 17.2. The monoisotopic (exact) mass is 377 g/mol. The summed E-state index contributed by atoms with van der Waals surface area (Å²) >= 11 is 0. The largest absolute Gasteiger partial charge is 0.492 e. The van der Waals surface area contributed by atoms with Crippen molar-refractivity contribution in [2.45, 2.75) is 65.3 Å². The molecule has 1 N–H and O–H groups in total. The van der Waals surface area contributed by atoms with Crippen molar-refractivity contribution in [1.29, 1.82) is 0 Å². The fraction of sp³-hybridized carbons (Fsp3) is 0.550. The van der Waals surface area contributed by atoms with Crippen LogP contribution in [-0.2, 0) is 14.0 Å². The molecule has 1 saturated heterocycles. The number of alkyl carbamates (subject to hydrolysis) is 1. The second-order valence-electron chi connectivity index (χ2n) is 8.71. The number of rotatable bonds is 4. The van der Waals surface area contributed by atoms with Crippen LogP contribution in [0.1, 0.15) is 54.0 Å². The lowest BCUT2D eigenvalue weighted by molar-refractivity contribution is 0.00578. The summed E-state index contributed by atoms with van der Waals surface area (Å²) in [5.74, 6) is -0.309. The van der Waals surface area contributed by atoms with E-state index in [9.17, 15) is 9.18 Å². The van der Waals surface area contributed by atoms with E-state index >= 15 is 0 Å². The van der Waals surface area contributed by atoms with Crippen molar-refractivity contribution in [1.82, 2.24) is 5.32 Å². The van der Waals surface area contributed by atoms with Crippen LogP contribution in [0.2, 0.25) is 0 Å². The first-order valence-corrected chi connectivity index (χ1v) is 9.08. The van der Waals surface area contributed by atoms with E-state index in [-0.39, 0.29) is 12.4 Å². The van der Waals surface area contributed by atoms with Gasteiger partial charge in [0.05, 0.1) is 11.2 Å². The molecule has 2 rings (SSSR count). The fourth-order valence-electron chi connectivity index (χ4n) is 2.46. The Bertz CT molecular complexity index is 692. The molecule has 1 amide bonds. The molecule has 1 aliphatic rings. The second kappa shape index (κ2) is 7.64. The molecular weight excluding hydrogens is 348 g/mol. The summed E-state index contributed by atoms with van der Waals surface area (Å²) in [6.45, 7) is 13.4. The van der Waals surface area contributed by atoms with Gasteiger partial charge in [-0.25, -0.2) is 9.18 Å². The standard InChI is InChI=1S/C20H29BFNO4/c1-18(2,3)25-17(24)23-13-15(12-14-8-10-16(22)11-9-14)21-26-19(4,5)20(6,7)27-21/h8-12H,13H2,1-7H3,(H,23,24). The summed E-state index contributed by atoms with van der Waals surface area (Å²) < 4.78 is 30.7. The lowest BCUT2D eigenvalue weighted by Gasteiger charge is -2.32. The molecule has 1 aromatic rings. The third-order valence-electron chi connectivity index (χ3n) is 4.61. The molecule has 0 saturated carbocycles. The van der Waals surface area contributed by atoms with Crippen LogP contribution < -0.4 is 5.32 Å². The minimum Gasteiger partial charge on any atom is -0.444 e. The number of ether oxygens (including phenoxy) is 1. The van der Waals surface area contributed by atoms with Gasteiger partial charge in [-0.3, -0.25) is 0 Å². The van der Waals surface area contributed by atoms with Gasteiger partial charge >= 0.3 is 13.2 Å². The number of hydrogen-bond acceptors (Lipinski definition) is 4. The smallest absolute Gasteiger partial charge is 0.444 e. The SMILES string of the molecule is CC(C)(C)OC(=O)NCC(=Cc1ccc(F)cc1)B1OC(C)(C)C(C)(C)O1. The zero-order chi connectivity index (χ0) is 20.5. The highest BCUT2D eigenvalue weighted by atomic mass is 19.1. The molecule has 0 spiro atoms. The Labute approximate surface area is 161 Å². The topological polar surface area (TPSA) is 56.8 Å². The number of hydrogen-bond donors (Lipinski definition) is 1. The molecule has 7 heteroatoms. The van der Waals surface area contributed by atoms with Crippen LogP contribution in [-0.4, -0.2) is 36.6 Å². The van der Waals surface area contributed by atoms with Crippen LogP contribution >= 0.6 is 0 Å². The van der Waals surface area contributed by atoms with Gasteiger partial charge in [0.2, 0.25) is 0 Å². The van der Waals surface area contributed by atoms with Crippen molar-refractivity contribution >= 4 is 19.3 Å². The van der Waals surface area contributed by atoms with Crippen LogP contribution in [0.3, 0.4) is 0 Å². The predicted octanol–water partition coefficient (Wildman–Crippen LogP) is 4.37. The molecule has 0 unspecified atom stereocenters. The summed E-state index contributed by atoms with van der Waals surface area (Å²) in [6.07, 6.45) is 1.31. The average Bonchev–Trinajstić information content (AvgIpc) is 2.72. The molecule has 0 aromatic heterocycles. The van der Waals surface area contributed by atoms with E-state index in [2.05, 4.69) is 5.32 Å². The van der Waals surface area contributed by atoms with E-state index in [0.717, 1.165) is 5.56 Å². The molecule has 1 fully saturated rings. The van der Waals surface area contributed by atoms with Gasteiger partial charge in [0.15, 0.2) is 0 Å². The van der Waals surface area contributed by atoms with E-state index in [4.69, 9.17) is 14.0 Å². The van der Waals surface area contributed by atoms with Crippen molar-refractivity contribution in [2.75, 3.05) is 6.54 Å². The van der Waals surface area contributed by atoms with Gasteiger partial charge in [0, 0.05) is 6.54 Å². The predicted molar refractivity (Wildman–Crippen MR) is 105 cm³/mol. The fourth-order valence-corrected chi connectivity index (χ4v) is 2.46. The first kappa shape index (κ1) is 21.4. The van der Waals surface area contributed by atoms with Crippen LogP contribution in [0.15, 0.2) is 29.7 Å². The van der Waals surface area contributed by atoms with E-state index in [1.807, 2.05) is 33.8 Å². The molecular formula is C20H29BFNO4. The number of benzene rings is 1. The summed E-state index contributed by atoms with van der Waals surface area (Å²) in [6, 6.07) is 6.09. The molecule has 5 nitrogen and oxygen atoms in total. The Morgan fingerprint density at radius 1 is 1.15 bits per heavy atom. The first-order valence-electron chi connectivity index (χ1n) is 9.08. The third-order valence-corrected chi connectivity index (χ3v) is 4.61. The molecule has 27 heavy (non-hydrogen) atoms. The van der Waals surface area contributed by atoms with Crippen LogP contribution in [0.5, 0.6) is 0 Å². The van der Waals surface area contributed by atoms with E-state index in [1.165, 1.54) is 12.1 Å². The number of amides is 1. The van der Waals surface area contributed by atoms with Gasteiger partial charge in [-0.2, -0.15) is 0 Å². The zero-order valence-electron chi connectivity index (χ0n) is 17.2. The lowest BCUT2D eigenvalue weighted by Crippen LogP contribution is -2.41. The Morgan fingerprint density at radius 2 is 1.67 bits per heavy atom. The Kier molecular flexibility index (Phi) is 6.07. The van der Waals surface area contributed by atoms with Crippen LogP contribution in [0, 0.1) is 5.82 Å². The molecule has 1 aliphatic heterocycles. The lowest BCUT2D eigenvalue weighted by atomic mass is 9.77. The number of carbonyl (C=O) groups excluding carboxylic acids is 1. The maximum Gasteiger partial charge on any atom is 0.492 e. The Hall–Kier alpha value is -1.86. The molecule has 1 heterocycles. The highest BCUT2D eigenvalue weighted by molar-refractivity contribution is 6.56. The van der Waals surface area contributed by atoms with Crippen molar-refractivity contribution < 1.29 is 23.2 Å². The molecule has 0 atom stereocenters. The second-order valence-corrected chi connectivity index (χ2v) is 8.71. The van der Waals surface area contributed by atoms with Crippen LogP contribution in [0.25, 0.3) is 6.08 Å². The van der Waals surface area contributed by atoms with E-state index in [0.29, 0.717) is 5.47 Å². The van der Waals surface area contributed by atoms with Gasteiger partial charge in [0.25, 0.3) is 0 Å². The third kappa shape index (κ3) is 5.81. The summed E-state index contributed by atoms with van der Waals surface area (Å²) in [5, 5.41) is 2.74. The summed E-state index contributed by atoms with van der Waals surface area (Å²) in [4.78, 5) is 12.0. The molecule has 0 bridgehead atoms. The van der Waals surface area contributed by atoms with E-state index < -0.39 is 30.0 Å². The number of halogens is 1.